The van der Waals surface area contributed by atoms with Crippen LogP contribution >= 0.6 is 0 Å². The molecular weight excluding hydrogens is 314 g/mol. The molecule has 25 heavy (non-hydrogen) atoms. The molecule has 0 aromatic heterocycles. The fraction of sp³-hybridized carbons (Fsp3) is 0.667. The lowest BCUT2D eigenvalue weighted by atomic mass is 9.80. The van der Waals surface area contributed by atoms with Crippen LogP contribution in [0.5, 0.6) is 0 Å². The number of carbonyl (C=O) groups is 1. The van der Waals surface area contributed by atoms with E-state index in [9.17, 15) is 9.90 Å². The average molecular weight is 349 g/mol. The van der Waals surface area contributed by atoms with Crippen molar-refractivity contribution in [1.29, 1.82) is 0 Å². The van der Waals surface area contributed by atoms with Gasteiger partial charge in [-0.25, -0.2) is 4.79 Å². The number of ether oxygens (including phenoxy) is 1. The average Bonchev–Trinajstić information content (AvgIpc) is 3.26. The number of likely N-dealkylation sites (N-methyl/N-ethyl adjacent to an activating group) is 1. The van der Waals surface area contributed by atoms with Gasteiger partial charge in [-0.1, -0.05) is 57.0 Å². The van der Waals surface area contributed by atoms with Gasteiger partial charge in [0.2, 0.25) is 0 Å². The van der Waals surface area contributed by atoms with E-state index in [2.05, 4.69) is 14.1 Å². The molecule has 3 rings (SSSR count). The third kappa shape index (κ3) is 4.42. The van der Waals surface area contributed by atoms with Crippen molar-refractivity contribution < 1.29 is 19.1 Å². The summed E-state index contributed by atoms with van der Waals surface area (Å²) in [4.78, 5) is 12.9. The molecule has 2 aliphatic rings. The summed E-state index contributed by atoms with van der Waals surface area (Å²) in [7, 11) is 4.29. The number of esters is 1. The molecule has 1 aromatic rings. The van der Waals surface area contributed by atoms with Gasteiger partial charge in [0.15, 0.2) is 11.7 Å². The van der Waals surface area contributed by atoms with Crippen LogP contribution in [0.2, 0.25) is 0 Å². The molecule has 1 saturated carbocycles. The molecule has 2 fully saturated rings. The highest BCUT2D eigenvalue weighted by molar-refractivity contribution is 5.81. The van der Waals surface area contributed by atoms with Crippen LogP contribution in [0.4, 0.5) is 0 Å². The van der Waals surface area contributed by atoms with Gasteiger partial charge in [0.05, 0.1) is 20.6 Å². The van der Waals surface area contributed by atoms with Crippen molar-refractivity contribution in [3.8, 4) is 0 Å². The number of quaternary nitrogens is 1. The number of carbonyl (C=O) groups excluding carboxylic acids is 1. The summed E-state index contributed by atoms with van der Waals surface area (Å²) in [5.74, 6) is -0.496. The Morgan fingerprint density at radius 3 is 2.24 bits per heavy atom. The highest BCUT2D eigenvalue weighted by Gasteiger charge is 2.49. The Bertz CT molecular complexity index is 552. The molecule has 2 atom stereocenters. The largest absolute Gasteiger partial charge is 0.454 e. The van der Waals surface area contributed by atoms with Gasteiger partial charge in [0.25, 0.3) is 0 Å². The van der Waals surface area contributed by atoms with E-state index < -0.39 is 11.6 Å². The maximum Gasteiger partial charge on any atom is 0.343 e. The summed E-state index contributed by atoms with van der Waals surface area (Å²) in [5.41, 5.74) is -0.832. The van der Waals surface area contributed by atoms with E-state index in [1.807, 2.05) is 44.2 Å². The minimum Gasteiger partial charge on any atom is -0.454 e. The van der Waals surface area contributed by atoms with Crippen LogP contribution in [0, 0.1) is 5.92 Å². The molecule has 1 aliphatic carbocycles. The molecule has 4 nitrogen and oxygen atoms in total. The Labute approximate surface area is 152 Å². The second-order valence-electron chi connectivity index (χ2n) is 7.77. The lowest BCUT2D eigenvalue weighted by Gasteiger charge is -2.33. The molecule has 1 N–H and O–H groups in total. The van der Waals surface area contributed by atoms with E-state index in [0.29, 0.717) is 5.56 Å². The van der Waals surface area contributed by atoms with Gasteiger partial charge in [0.1, 0.15) is 6.54 Å². The number of hydrogen-bond acceptors (Lipinski definition) is 3. The molecule has 1 saturated heterocycles. The lowest BCUT2D eigenvalue weighted by Crippen LogP contribution is -2.46. The summed E-state index contributed by atoms with van der Waals surface area (Å²) < 4.78 is 6.64. The second kappa shape index (κ2) is 8.33. The summed E-state index contributed by atoms with van der Waals surface area (Å²) in [5, 5.41) is 11.4. The zero-order valence-electron chi connectivity index (χ0n) is 16.2. The van der Waals surface area contributed by atoms with Crippen LogP contribution in [0.15, 0.2) is 30.3 Å². The maximum atomic E-state index is 12.9. The van der Waals surface area contributed by atoms with Gasteiger partial charge in [0, 0.05) is 12.3 Å². The van der Waals surface area contributed by atoms with Gasteiger partial charge in [-0.05, 0) is 18.4 Å². The standard InChI is InChI=1S/C19H28NO3.C2H6/c1-20(2)13-12-17(14-20)23-18(21)19(22,16-10-6-7-11-16)15-8-4-3-5-9-15;1-2/h3-5,8-9,16-17,22H,6-7,10-14H2,1-2H3;1-2H3/q+1;/t17-,19-;/m1./s1. The first-order valence-electron chi connectivity index (χ1n) is 9.73. The second-order valence-corrected chi connectivity index (χ2v) is 7.77. The molecule has 1 aromatic carbocycles. The van der Waals surface area contributed by atoms with Gasteiger partial charge < -0.3 is 14.3 Å². The van der Waals surface area contributed by atoms with Crippen molar-refractivity contribution in [2.75, 3.05) is 27.2 Å². The number of rotatable bonds is 4. The first kappa shape index (κ1) is 19.9. The van der Waals surface area contributed by atoms with Crippen molar-refractivity contribution in [3.05, 3.63) is 35.9 Å². The molecule has 0 bridgehead atoms. The van der Waals surface area contributed by atoms with Crippen molar-refractivity contribution in [2.24, 2.45) is 5.92 Å². The molecule has 0 radical (unpaired) electrons. The molecule has 4 heteroatoms. The minimum atomic E-state index is -1.50. The van der Waals surface area contributed by atoms with Gasteiger partial charge in [-0.15, -0.1) is 0 Å². The number of hydrogen-bond donors (Lipinski definition) is 1. The van der Waals surface area contributed by atoms with Crippen LogP contribution in [0.1, 0.15) is 51.5 Å². The SMILES string of the molecule is CC.C[N+]1(C)CC[C@@H](OC(=O)[C@@](O)(c2ccccc2)C2CCCC2)C1. The first-order valence-corrected chi connectivity index (χ1v) is 9.73. The maximum absolute atomic E-state index is 12.9. The summed E-state index contributed by atoms with van der Waals surface area (Å²) >= 11 is 0. The number of nitrogens with zero attached hydrogens (tertiary/aromatic N) is 1. The third-order valence-corrected chi connectivity index (χ3v) is 5.50. The highest BCUT2D eigenvalue weighted by atomic mass is 16.6. The fourth-order valence-electron chi connectivity index (χ4n) is 4.12. The molecule has 0 spiro atoms. The smallest absolute Gasteiger partial charge is 0.343 e. The summed E-state index contributed by atoms with van der Waals surface area (Å²) in [6, 6.07) is 9.33. The van der Waals surface area contributed by atoms with E-state index in [1.165, 1.54) is 0 Å². The number of aliphatic hydroxyl groups is 1. The zero-order chi connectivity index (χ0) is 18.5. The monoisotopic (exact) mass is 348 g/mol. The normalized spacial score (nSPS) is 24.9. The summed E-state index contributed by atoms with van der Waals surface area (Å²) in [6.07, 6.45) is 4.68. The van der Waals surface area contributed by atoms with Gasteiger partial charge in [-0.3, -0.25) is 0 Å². The van der Waals surface area contributed by atoms with Crippen LogP contribution in [0.3, 0.4) is 0 Å². The van der Waals surface area contributed by atoms with Crippen molar-refractivity contribution in [3.63, 3.8) is 0 Å². The summed E-state index contributed by atoms with van der Waals surface area (Å²) in [6.45, 7) is 5.83. The Morgan fingerprint density at radius 2 is 1.72 bits per heavy atom. The topological polar surface area (TPSA) is 46.5 Å². The van der Waals surface area contributed by atoms with E-state index in [-0.39, 0.29) is 12.0 Å². The van der Waals surface area contributed by atoms with E-state index in [1.54, 1.807) is 0 Å². The molecule has 0 amide bonds. The number of benzene rings is 1. The predicted octanol–water partition coefficient (Wildman–Crippen LogP) is 3.48. The minimum absolute atomic E-state index is 0.0405. The highest BCUT2D eigenvalue weighted by Crippen LogP contribution is 2.42. The molecular formula is C21H34NO3+. The fourth-order valence-corrected chi connectivity index (χ4v) is 4.12. The van der Waals surface area contributed by atoms with Crippen LogP contribution in [-0.2, 0) is 15.1 Å². The Kier molecular flexibility index (Phi) is 6.64. The van der Waals surface area contributed by atoms with Crippen molar-refractivity contribution in [2.45, 2.75) is 57.7 Å². The number of likely N-dealkylation sites (tertiary alicyclic amines) is 1. The predicted molar refractivity (Wildman–Crippen MR) is 100.0 cm³/mol. The van der Waals surface area contributed by atoms with E-state index in [4.69, 9.17) is 4.74 Å². The van der Waals surface area contributed by atoms with E-state index in [0.717, 1.165) is 49.7 Å². The van der Waals surface area contributed by atoms with Crippen LogP contribution < -0.4 is 0 Å². The van der Waals surface area contributed by atoms with Gasteiger partial charge >= 0.3 is 5.97 Å². The molecule has 0 unspecified atom stereocenters. The van der Waals surface area contributed by atoms with Crippen LogP contribution in [-0.4, -0.2) is 48.8 Å². The Hall–Kier alpha value is -1.39. The molecule has 1 aliphatic heterocycles. The molecule has 140 valence electrons. The zero-order valence-corrected chi connectivity index (χ0v) is 16.2. The lowest BCUT2D eigenvalue weighted by molar-refractivity contribution is -0.879. The van der Waals surface area contributed by atoms with Crippen molar-refractivity contribution in [1.82, 2.24) is 0 Å². The van der Waals surface area contributed by atoms with E-state index >= 15 is 0 Å². The Morgan fingerprint density at radius 1 is 1.12 bits per heavy atom. The first-order chi connectivity index (χ1) is 11.9. The molecule has 1 heterocycles. The quantitative estimate of drug-likeness (QED) is 0.669. The third-order valence-electron chi connectivity index (χ3n) is 5.50. The van der Waals surface area contributed by atoms with Crippen molar-refractivity contribution >= 4 is 5.97 Å². The van der Waals surface area contributed by atoms with Crippen LogP contribution in [0.25, 0.3) is 0 Å². The van der Waals surface area contributed by atoms with Gasteiger partial charge in [-0.2, -0.15) is 0 Å². The Balaban J connectivity index is 0.00000109.